The molecule has 1 N–H and O–H groups in total. The van der Waals surface area contributed by atoms with Gasteiger partial charge >= 0.3 is 0 Å². The molecule has 30 heavy (non-hydrogen) atoms. The van der Waals surface area contributed by atoms with E-state index in [-0.39, 0.29) is 11.9 Å². The topological polar surface area (TPSA) is 92.3 Å². The molecule has 0 atom stereocenters. The van der Waals surface area contributed by atoms with Crippen LogP contribution in [0.3, 0.4) is 0 Å². The van der Waals surface area contributed by atoms with Crippen molar-refractivity contribution in [3.63, 3.8) is 0 Å². The molecule has 2 aliphatic rings. The number of anilines is 1. The van der Waals surface area contributed by atoms with Gasteiger partial charge in [0.25, 0.3) is 0 Å². The smallest absolute Gasteiger partial charge is 0.245 e. The molecule has 1 aromatic carbocycles. The van der Waals surface area contributed by atoms with Crippen molar-refractivity contribution >= 4 is 27.1 Å². The number of carbonyl (C=O) groups excluding carboxylic acids is 1. The summed E-state index contributed by atoms with van der Waals surface area (Å²) in [7, 11) is -3.23. The summed E-state index contributed by atoms with van der Waals surface area (Å²) >= 11 is 0. The molecule has 0 bridgehead atoms. The Labute approximate surface area is 176 Å². The number of piperidine rings is 1. The van der Waals surface area contributed by atoms with Gasteiger partial charge in [-0.25, -0.2) is 13.4 Å². The Morgan fingerprint density at radius 1 is 1.23 bits per heavy atom. The normalized spacial score (nSPS) is 16.7. The summed E-state index contributed by atoms with van der Waals surface area (Å²) in [5.74, 6) is 0.685. The van der Waals surface area contributed by atoms with E-state index < -0.39 is 9.84 Å². The number of hydrogen-bond acceptors (Lipinski definition) is 6. The Kier molecular flexibility index (Phi) is 5.42. The number of likely N-dealkylation sites (tertiary alicyclic amines) is 1. The second kappa shape index (κ2) is 8.02. The minimum Gasteiger partial charge on any atom is -0.366 e. The second-order valence-electron chi connectivity index (χ2n) is 7.62. The zero-order valence-electron chi connectivity index (χ0n) is 16.8. The first kappa shape index (κ1) is 20.3. The number of aromatic nitrogens is 2. The maximum atomic E-state index is 11.7. The number of rotatable bonds is 5. The minimum absolute atomic E-state index is 0.0255. The summed E-state index contributed by atoms with van der Waals surface area (Å²) in [5.41, 5.74) is 3.62. The van der Waals surface area contributed by atoms with E-state index in [0.29, 0.717) is 30.2 Å². The van der Waals surface area contributed by atoms with Crippen LogP contribution in [0.4, 0.5) is 5.82 Å². The van der Waals surface area contributed by atoms with Crippen LogP contribution < -0.4 is 5.32 Å². The summed E-state index contributed by atoms with van der Waals surface area (Å²) in [5, 5.41) is 3.45. The zero-order valence-corrected chi connectivity index (χ0v) is 17.7. The van der Waals surface area contributed by atoms with E-state index in [1.165, 1.54) is 12.3 Å². The predicted molar refractivity (Wildman–Crippen MR) is 116 cm³/mol. The standard InChI is InChI=1S/C22H24N4O3S/c1-3-21(27)26-12-10-16(11-13-26)24-20-14-23-19-9-8-18(22(19)25-20)15-4-6-17(7-5-15)30(2,28)29/h3-8,14,16H,1,9-13H2,2H3,(H,24,25). The average molecular weight is 425 g/mol. The number of fused-ring (bicyclic) bond motifs is 1. The highest BCUT2D eigenvalue weighted by atomic mass is 32.2. The molecule has 0 saturated carbocycles. The highest BCUT2D eigenvalue weighted by molar-refractivity contribution is 7.90. The number of carbonyl (C=O) groups is 1. The Hall–Kier alpha value is -3.00. The first-order chi connectivity index (χ1) is 14.3. The van der Waals surface area contributed by atoms with Crippen molar-refractivity contribution in [3.8, 4) is 0 Å². The van der Waals surface area contributed by atoms with Crippen LogP contribution in [-0.4, -0.2) is 54.6 Å². The quantitative estimate of drug-likeness (QED) is 0.742. The van der Waals surface area contributed by atoms with Gasteiger partial charge in [-0.15, -0.1) is 0 Å². The SMILES string of the molecule is C=CC(=O)N1CCC(Nc2cnc3c(n2)C(c2ccc(S(C)(=O)=O)cc2)=CC3)CC1. The van der Waals surface area contributed by atoms with Crippen molar-refractivity contribution in [1.82, 2.24) is 14.9 Å². The van der Waals surface area contributed by atoms with Gasteiger partial charge in [-0.05, 0) is 36.6 Å². The summed E-state index contributed by atoms with van der Waals surface area (Å²) in [6, 6.07) is 7.10. The summed E-state index contributed by atoms with van der Waals surface area (Å²) in [6.45, 7) is 4.93. The van der Waals surface area contributed by atoms with Gasteiger partial charge in [0.2, 0.25) is 5.91 Å². The molecule has 1 aliphatic heterocycles. The largest absolute Gasteiger partial charge is 0.366 e. The van der Waals surface area contributed by atoms with E-state index >= 15 is 0 Å². The molecular weight excluding hydrogens is 400 g/mol. The van der Waals surface area contributed by atoms with Gasteiger partial charge in [0.1, 0.15) is 5.82 Å². The maximum absolute atomic E-state index is 11.7. The molecule has 7 nitrogen and oxygen atoms in total. The van der Waals surface area contributed by atoms with Crippen LogP contribution in [-0.2, 0) is 21.1 Å². The Balaban J connectivity index is 1.48. The molecule has 2 aromatic rings. The fourth-order valence-electron chi connectivity index (χ4n) is 3.86. The molecule has 0 spiro atoms. The Morgan fingerprint density at radius 3 is 2.57 bits per heavy atom. The van der Waals surface area contributed by atoms with Crippen LogP contribution in [0.1, 0.15) is 29.8 Å². The van der Waals surface area contributed by atoms with Crippen molar-refractivity contribution in [2.75, 3.05) is 24.7 Å². The molecule has 2 heterocycles. The number of nitrogens with one attached hydrogen (secondary N) is 1. The van der Waals surface area contributed by atoms with E-state index in [0.717, 1.165) is 35.4 Å². The molecular formula is C22H24N4O3S. The molecule has 1 aromatic heterocycles. The number of amides is 1. The van der Waals surface area contributed by atoms with Crippen LogP contribution in [0.15, 0.2) is 54.1 Å². The predicted octanol–water partition coefficient (Wildman–Crippen LogP) is 2.46. The van der Waals surface area contributed by atoms with Gasteiger partial charge < -0.3 is 10.2 Å². The highest BCUT2D eigenvalue weighted by Gasteiger charge is 2.23. The van der Waals surface area contributed by atoms with Gasteiger partial charge in [0, 0.05) is 37.4 Å². The lowest BCUT2D eigenvalue weighted by Gasteiger charge is -2.32. The van der Waals surface area contributed by atoms with Crippen molar-refractivity contribution < 1.29 is 13.2 Å². The first-order valence-corrected chi connectivity index (χ1v) is 11.8. The summed E-state index contributed by atoms with van der Waals surface area (Å²) < 4.78 is 23.4. The first-order valence-electron chi connectivity index (χ1n) is 9.90. The molecule has 8 heteroatoms. The Morgan fingerprint density at radius 2 is 1.93 bits per heavy atom. The highest BCUT2D eigenvalue weighted by Crippen LogP contribution is 2.31. The van der Waals surface area contributed by atoms with Crippen molar-refractivity contribution in [2.45, 2.75) is 30.2 Å². The second-order valence-corrected chi connectivity index (χ2v) is 9.63. The number of benzene rings is 1. The third-order valence-corrected chi connectivity index (χ3v) is 6.66. The lowest BCUT2D eigenvalue weighted by Crippen LogP contribution is -2.41. The van der Waals surface area contributed by atoms with Crippen LogP contribution in [0.25, 0.3) is 5.57 Å². The molecule has 1 saturated heterocycles. The molecule has 1 fully saturated rings. The van der Waals surface area contributed by atoms with E-state index in [2.05, 4.69) is 23.0 Å². The monoisotopic (exact) mass is 424 g/mol. The van der Waals surface area contributed by atoms with Crippen molar-refractivity contribution in [1.29, 1.82) is 0 Å². The maximum Gasteiger partial charge on any atom is 0.245 e. The molecule has 0 unspecified atom stereocenters. The molecule has 0 radical (unpaired) electrons. The Bertz CT molecular complexity index is 1120. The fourth-order valence-corrected chi connectivity index (χ4v) is 4.49. The molecule has 4 rings (SSSR count). The summed E-state index contributed by atoms with van der Waals surface area (Å²) in [4.78, 5) is 23.2. The third kappa shape index (κ3) is 4.14. The molecule has 156 valence electrons. The van der Waals surface area contributed by atoms with Gasteiger partial charge in [-0.1, -0.05) is 24.8 Å². The van der Waals surface area contributed by atoms with E-state index in [1.807, 2.05) is 12.1 Å². The number of hydrogen-bond donors (Lipinski definition) is 1. The van der Waals surface area contributed by atoms with Crippen LogP contribution in [0.2, 0.25) is 0 Å². The van der Waals surface area contributed by atoms with Crippen molar-refractivity contribution in [2.24, 2.45) is 0 Å². The van der Waals surface area contributed by atoms with Gasteiger partial charge in [0.05, 0.1) is 22.5 Å². The van der Waals surface area contributed by atoms with Gasteiger partial charge in [0.15, 0.2) is 9.84 Å². The van der Waals surface area contributed by atoms with Crippen LogP contribution in [0, 0.1) is 0 Å². The number of allylic oxidation sites excluding steroid dienone is 1. The van der Waals surface area contributed by atoms with E-state index in [1.54, 1.807) is 23.2 Å². The van der Waals surface area contributed by atoms with Gasteiger partial charge in [-0.3, -0.25) is 9.78 Å². The van der Waals surface area contributed by atoms with E-state index in [4.69, 9.17) is 4.98 Å². The van der Waals surface area contributed by atoms with Gasteiger partial charge in [-0.2, -0.15) is 0 Å². The zero-order chi connectivity index (χ0) is 21.3. The number of nitrogens with zero attached hydrogens (tertiary/aromatic N) is 3. The lowest BCUT2D eigenvalue weighted by atomic mass is 10.0. The molecule has 1 amide bonds. The van der Waals surface area contributed by atoms with E-state index in [9.17, 15) is 13.2 Å². The third-order valence-electron chi connectivity index (χ3n) is 5.53. The number of sulfone groups is 1. The van der Waals surface area contributed by atoms with Crippen LogP contribution >= 0.6 is 0 Å². The lowest BCUT2D eigenvalue weighted by molar-refractivity contribution is -0.126. The molecule has 1 aliphatic carbocycles. The van der Waals surface area contributed by atoms with Crippen molar-refractivity contribution in [3.05, 3.63) is 66.1 Å². The fraction of sp³-hybridized carbons (Fsp3) is 0.318. The summed E-state index contributed by atoms with van der Waals surface area (Å²) in [6.07, 6.45) is 8.77. The minimum atomic E-state index is -3.23. The average Bonchev–Trinajstić information content (AvgIpc) is 3.16. The van der Waals surface area contributed by atoms with Crippen LogP contribution in [0.5, 0.6) is 0 Å².